The third-order valence-corrected chi connectivity index (χ3v) is 2.04. The van der Waals surface area contributed by atoms with Crippen LogP contribution in [0, 0.1) is 6.92 Å². The Bertz CT molecular complexity index is 495. The smallest absolute Gasteiger partial charge is 0.257 e. The van der Waals surface area contributed by atoms with E-state index in [1.165, 1.54) is 0 Å². The molecule has 0 spiro atoms. The van der Waals surface area contributed by atoms with Crippen molar-refractivity contribution in [3.63, 3.8) is 0 Å². The molecule has 68 valence electrons. The van der Waals surface area contributed by atoms with Crippen molar-refractivity contribution in [1.82, 2.24) is 9.97 Å². The zero-order valence-electron chi connectivity index (χ0n) is 7.35. The summed E-state index contributed by atoms with van der Waals surface area (Å²) in [4.78, 5) is 17.2. The van der Waals surface area contributed by atoms with Gasteiger partial charge in [0.25, 0.3) is 5.56 Å². The van der Waals surface area contributed by atoms with Gasteiger partial charge < -0.3 is 15.7 Å². The molecule has 2 aromatic rings. The van der Waals surface area contributed by atoms with Crippen LogP contribution in [0.4, 0.5) is 0 Å². The van der Waals surface area contributed by atoms with E-state index in [-0.39, 0.29) is 5.56 Å². The van der Waals surface area contributed by atoms with Gasteiger partial charge in [0.1, 0.15) is 0 Å². The van der Waals surface area contributed by atoms with E-state index in [2.05, 4.69) is 9.97 Å². The quantitative estimate of drug-likeness (QED) is 0.597. The number of aromatic nitrogens is 2. The topological polar surface area (TPSA) is 74.7 Å². The lowest BCUT2D eigenvalue weighted by molar-refractivity contribution is 1.02. The van der Waals surface area contributed by atoms with Gasteiger partial charge in [0.05, 0.1) is 10.9 Å². The number of pyridine rings is 1. The first-order valence-corrected chi connectivity index (χ1v) is 4.12. The van der Waals surface area contributed by atoms with Crippen molar-refractivity contribution in [2.24, 2.45) is 5.73 Å². The fourth-order valence-corrected chi connectivity index (χ4v) is 1.44. The summed E-state index contributed by atoms with van der Waals surface area (Å²) < 4.78 is 0. The summed E-state index contributed by atoms with van der Waals surface area (Å²) in [5.41, 5.74) is 7.97. The zero-order valence-corrected chi connectivity index (χ0v) is 7.35. The van der Waals surface area contributed by atoms with E-state index in [1.807, 2.05) is 13.0 Å². The number of aryl methyl sites for hydroxylation is 1. The Balaban J connectivity index is 2.83. The molecule has 0 saturated heterocycles. The number of hydrogen-bond acceptors (Lipinski definition) is 2. The minimum Gasteiger partial charge on any atom is -0.357 e. The molecule has 0 bridgehead atoms. The highest BCUT2D eigenvalue weighted by molar-refractivity contribution is 5.79. The number of nitrogens with two attached hydrogens (primary N) is 1. The predicted octanol–water partition coefficient (Wildman–Crippen LogP) is 0.623. The van der Waals surface area contributed by atoms with Crippen molar-refractivity contribution in [3.8, 4) is 0 Å². The van der Waals surface area contributed by atoms with Gasteiger partial charge in [-0.25, -0.2) is 0 Å². The summed E-state index contributed by atoms with van der Waals surface area (Å²) in [5.74, 6) is 0. The number of nitrogens with one attached hydrogen (secondary N) is 2. The number of fused-ring (bicyclic) bond motifs is 1. The van der Waals surface area contributed by atoms with Crippen LogP contribution in [-0.2, 0) is 6.54 Å². The molecule has 0 radical (unpaired) electrons. The second kappa shape index (κ2) is 2.74. The van der Waals surface area contributed by atoms with Crippen molar-refractivity contribution in [2.45, 2.75) is 13.5 Å². The molecule has 2 aromatic heterocycles. The van der Waals surface area contributed by atoms with Gasteiger partial charge in [-0.15, -0.1) is 0 Å². The van der Waals surface area contributed by atoms with Crippen LogP contribution in [0.1, 0.15) is 11.4 Å². The normalized spacial score (nSPS) is 10.9. The van der Waals surface area contributed by atoms with E-state index >= 15 is 0 Å². The number of aromatic amines is 2. The van der Waals surface area contributed by atoms with Crippen molar-refractivity contribution in [1.29, 1.82) is 0 Å². The van der Waals surface area contributed by atoms with Crippen molar-refractivity contribution in [3.05, 3.63) is 33.9 Å². The largest absolute Gasteiger partial charge is 0.357 e. The first kappa shape index (κ1) is 8.07. The second-order valence-corrected chi connectivity index (χ2v) is 3.11. The summed E-state index contributed by atoms with van der Waals surface area (Å²) in [6.45, 7) is 2.27. The van der Waals surface area contributed by atoms with Crippen LogP contribution >= 0.6 is 0 Å². The molecule has 0 aliphatic heterocycles. The maximum absolute atomic E-state index is 11.4. The van der Waals surface area contributed by atoms with Crippen LogP contribution in [0.3, 0.4) is 0 Å². The first-order chi connectivity index (χ1) is 6.20. The Morgan fingerprint density at radius 3 is 2.85 bits per heavy atom. The minimum absolute atomic E-state index is 0.0639. The third-order valence-electron chi connectivity index (χ3n) is 2.04. The summed E-state index contributed by atoms with van der Waals surface area (Å²) in [7, 11) is 0. The Morgan fingerprint density at radius 2 is 2.15 bits per heavy atom. The van der Waals surface area contributed by atoms with Crippen LogP contribution in [0.2, 0.25) is 0 Å². The Labute approximate surface area is 74.8 Å². The molecule has 0 amide bonds. The molecule has 0 fully saturated rings. The molecule has 0 aliphatic rings. The van der Waals surface area contributed by atoms with Gasteiger partial charge in [0.15, 0.2) is 0 Å². The molecule has 2 rings (SSSR count). The van der Waals surface area contributed by atoms with Crippen LogP contribution < -0.4 is 11.3 Å². The van der Waals surface area contributed by atoms with Crippen LogP contribution in [0.5, 0.6) is 0 Å². The maximum Gasteiger partial charge on any atom is 0.257 e. The van der Waals surface area contributed by atoms with E-state index in [9.17, 15) is 4.79 Å². The highest BCUT2D eigenvalue weighted by Crippen LogP contribution is 2.10. The number of hydrogen-bond donors (Lipinski definition) is 3. The number of H-pyrrole nitrogens is 2. The van der Waals surface area contributed by atoms with Gasteiger partial charge in [-0.1, -0.05) is 0 Å². The lowest BCUT2D eigenvalue weighted by Gasteiger charge is -1.91. The Morgan fingerprint density at radius 1 is 1.38 bits per heavy atom. The molecule has 0 aliphatic carbocycles. The highest BCUT2D eigenvalue weighted by atomic mass is 16.1. The van der Waals surface area contributed by atoms with E-state index < -0.39 is 0 Å². The molecule has 0 aromatic carbocycles. The van der Waals surface area contributed by atoms with Crippen LogP contribution in [0.15, 0.2) is 16.9 Å². The molecule has 4 N–H and O–H groups in total. The minimum atomic E-state index is -0.0639. The van der Waals surface area contributed by atoms with E-state index in [4.69, 9.17) is 5.73 Å². The monoisotopic (exact) mass is 177 g/mol. The Kier molecular flexibility index (Phi) is 1.70. The van der Waals surface area contributed by atoms with Crippen molar-refractivity contribution in [2.75, 3.05) is 0 Å². The molecular formula is C9H11N3O. The molecule has 0 atom stereocenters. The predicted molar refractivity (Wildman–Crippen MR) is 51.5 cm³/mol. The van der Waals surface area contributed by atoms with E-state index in [1.54, 1.807) is 6.07 Å². The zero-order chi connectivity index (χ0) is 9.42. The molecular weight excluding hydrogens is 166 g/mol. The summed E-state index contributed by atoms with van der Waals surface area (Å²) in [5, 5.41) is 0.672. The fourth-order valence-electron chi connectivity index (χ4n) is 1.44. The van der Waals surface area contributed by atoms with Gasteiger partial charge in [-0.3, -0.25) is 4.79 Å². The summed E-state index contributed by atoms with van der Waals surface area (Å²) in [6, 6.07) is 3.68. The highest BCUT2D eigenvalue weighted by Gasteiger charge is 2.03. The lowest BCUT2D eigenvalue weighted by Crippen LogP contribution is -2.05. The molecule has 2 heterocycles. The van der Waals surface area contributed by atoms with Crippen molar-refractivity contribution >= 4 is 10.9 Å². The van der Waals surface area contributed by atoms with Crippen LogP contribution in [0.25, 0.3) is 10.9 Å². The van der Waals surface area contributed by atoms with Gasteiger partial charge in [-0.2, -0.15) is 0 Å². The summed E-state index contributed by atoms with van der Waals surface area (Å²) >= 11 is 0. The average Bonchev–Trinajstić information content (AvgIpc) is 2.47. The van der Waals surface area contributed by atoms with Gasteiger partial charge in [0.2, 0.25) is 0 Å². The second-order valence-electron chi connectivity index (χ2n) is 3.11. The van der Waals surface area contributed by atoms with Gasteiger partial charge >= 0.3 is 0 Å². The molecule has 13 heavy (non-hydrogen) atoms. The SMILES string of the molecule is Cc1cc2[nH]c(CN)cc2c(=O)[nH]1. The molecule has 4 heteroatoms. The lowest BCUT2D eigenvalue weighted by atomic mass is 10.3. The molecule has 0 unspecified atom stereocenters. The number of rotatable bonds is 1. The summed E-state index contributed by atoms with van der Waals surface area (Å²) in [6.07, 6.45) is 0. The van der Waals surface area contributed by atoms with E-state index in [0.717, 1.165) is 16.9 Å². The fraction of sp³-hybridized carbons (Fsp3) is 0.222. The first-order valence-electron chi connectivity index (χ1n) is 4.12. The van der Waals surface area contributed by atoms with Gasteiger partial charge in [0, 0.05) is 17.9 Å². The standard InChI is InChI=1S/C9H11N3O/c1-5-2-8-7(9(13)11-5)3-6(4-10)12-8/h2-3,12H,4,10H2,1H3,(H,11,13). The van der Waals surface area contributed by atoms with Gasteiger partial charge in [-0.05, 0) is 19.1 Å². The molecule has 4 nitrogen and oxygen atoms in total. The third kappa shape index (κ3) is 1.25. The Hall–Kier alpha value is -1.55. The maximum atomic E-state index is 11.4. The average molecular weight is 177 g/mol. The van der Waals surface area contributed by atoms with Crippen LogP contribution in [-0.4, -0.2) is 9.97 Å². The molecule has 0 saturated carbocycles. The van der Waals surface area contributed by atoms with Crippen molar-refractivity contribution < 1.29 is 0 Å². The van der Waals surface area contributed by atoms with E-state index in [0.29, 0.717) is 11.9 Å².